The van der Waals surface area contributed by atoms with Crippen molar-refractivity contribution < 1.29 is 33.4 Å². The summed E-state index contributed by atoms with van der Waals surface area (Å²) >= 11 is 0. The highest BCUT2D eigenvalue weighted by molar-refractivity contribution is 5.87. The number of ether oxygens (including phenoxy) is 3. The maximum Gasteiger partial charge on any atom is 0.325 e. The van der Waals surface area contributed by atoms with Crippen LogP contribution in [-0.2, 0) is 23.9 Å². The molecule has 0 aliphatic carbocycles. The smallest absolute Gasteiger partial charge is 0.325 e. The predicted octanol–water partition coefficient (Wildman–Crippen LogP) is -0.214. The lowest BCUT2D eigenvalue weighted by Gasteiger charge is -2.11. The van der Waals surface area contributed by atoms with Crippen LogP contribution in [0.2, 0.25) is 0 Å². The molecule has 25 heavy (non-hydrogen) atoms. The highest BCUT2D eigenvalue weighted by Crippen LogP contribution is 2.26. The van der Waals surface area contributed by atoms with Gasteiger partial charge < -0.3 is 24.8 Å². The van der Waals surface area contributed by atoms with Crippen molar-refractivity contribution in [3.63, 3.8) is 0 Å². The van der Waals surface area contributed by atoms with Crippen LogP contribution in [0.5, 0.6) is 11.5 Å². The summed E-state index contributed by atoms with van der Waals surface area (Å²) < 4.78 is 14.9. The van der Waals surface area contributed by atoms with Gasteiger partial charge in [-0.05, 0) is 19.1 Å². The Morgan fingerprint density at radius 2 is 1.60 bits per heavy atom. The van der Waals surface area contributed by atoms with Gasteiger partial charge in [-0.1, -0.05) is 12.1 Å². The number of para-hydroxylation sites is 2. The number of rotatable bonds is 9. The molecule has 0 heterocycles. The van der Waals surface area contributed by atoms with Crippen LogP contribution >= 0.6 is 0 Å². The number of carbonyl (C=O) groups is 4. The summed E-state index contributed by atoms with van der Waals surface area (Å²) in [6.45, 7) is 2.17. The zero-order valence-corrected chi connectivity index (χ0v) is 14.0. The van der Waals surface area contributed by atoms with Crippen LogP contribution in [-0.4, -0.2) is 50.1 Å². The van der Waals surface area contributed by atoms with Gasteiger partial charge in [-0.3, -0.25) is 19.2 Å². The number of hydrogen-bond donors (Lipinski definition) is 2. The molecule has 1 aromatic rings. The Bertz CT molecular complexity index is 631. The van der Waals surface area contributed by atoms with Crippen molar-refractivity contribution in [2.45, 2.75) is 13.8 Å². The van der Waals surface area contributed by atoms with Crippen LogP contribution in [0.1, 0.15) is 13.8 Å². The second-order valence-electron chi connectivity index (χ2n) is 4.69. The number of esters is 2. The Balaban J connectivity index is 2.35. The third kappa shape index (κ3) is 8.35. The molecule has 0 saturated heterocycles. The number of amides is 2. The van der Waals surface area contributed by atoms with Crippen LogP contribution in [0, 0.1) is 0 Å². The van der Waals surface area contributed by atoms with Crippen molar-refractivity contribution in [1.82, 2.24) is 10.6 Å². The molecule has 0 radical (unpaired) electrons. The molecular weight excluding hydrogens is 332 g/mol. The van der Waals surface area contributed by atoms with Gasteiger partial charge in [0.1, 0.15) is 6.54 Å². The van der Waals surface area contributed by atoms with Gasteiger partial charge in [-0.25, -0.2) is 0 Å². The maximum atomic E-state index is 11.7. The van der Waals surface area contributed by atoms with E-state index in [0.29, 0.717) is 0 Å². The highest BCUT2D eigenvalue weighted by Gasteiger charge is 2.11. The lowest BCUT2D eigenvalue weighted by molar-refractivity contribution is -0.143. The van der Waals surface area contributed by atoms with Crippen molar-refractivity contribution in [1.29, 1.82) is 0 Å². The molecule has 136 valence electrons. The molecule has 0 aliphatic rings. The fraction of sp³-hybridized carbons (Fsp3) is 0.375. The summed E-state index contributed by atoms with van der Waals surface area (Å²) in [6.07, 6.45) is 0. The molecule has 2 N–H and O–H groups in total. The summed E-state index contributed by atoms with van der Waals surface area (Å²) in [5.74, 6) is -1.76. The Hall–Kier alpha value is -3.10. The molecule has 9 nitrogen and oxygen atoms in total. The van der Waals surface area contributed by atoms with Gasteiger partial charge >= 0.3 is 11.9 Å². The Kier molecular flexibility index (Phi) is 8.48. The fourth-order valence-electron chi connectivity index (χ4n) is 1.63. The number of benzene rings is 1. The topological polar surface area (TPSA) is 120 Å². The SMILES string of the molecule is CCOC(=O)CNC(=O)CNC(=O)COc1ccccc1OC(C)=O. The molecule has 0 saturated carbocycles. The van der Waals surface area contributed by atoms with Crippen molar-refractivity contribution in [2.24, 2.45) is 0 Å². The van der Waals surface area contributed by atoms with Gasteiger partial charge in [0.2, 0.25) is 5.91 Å². The van der Waals surface area contributed by atoms with E-state index in [9.17, 15) is 19.2 Å². The van der Waals surface area contributed by atoms with E-state index in [2.05, 4.69) is 15.4 Å². The summed E-state index contributed by atoms with van der Waals surface area (Å²) in [5.41, 5.74) is 0. The largest absolute Gasteiger partial charge is 0.480 e. The summed E-state index contributed by atoms with van der Waals surface area (Å²) in [6, 6.07) is 6.37. The maximum absolute atomic E-state index is 11.7. The molecule has 2 amide bonds. The van der Waals surface area contributed by atoms with Crippen LogP contribution in [0.3, 0.4) is 0 Å². The third-order valence-corrected chi connectivity index (χ3v) is 2.64. The van der Waals surface area contributed by atoms with Gasteiger partial charge in [0, 0.05) is 6.92 Å². The van der Waals surface area contributed by atoms with Gasteiger partial charge in [0.25, 0.3) is 5.91 Å². The first-order chi connectivity index (χ1) is 11.9. The fourth-order valence-corrected chi connectivity index (χ4v) is 1.63. The minimum absolute atomic E-state index is 0.190. The molecule has 0 bridgehead atoms. The number of carbonyl (C=O) groups excluding carboxylic acids is 4. The summed E-state index contributed by atoms with van der Waals surface area (Å²) in [4.78, 5) is 45.2. The van der Waals surface area contributed by atoms with Crippen molar-refractivity contribution >= 4 is 23.8 Å². The molecule has 0 spiro atoms. The van der Waals surface area contributed by atoms with Crippen LogP contribution in [0.25, 0.3) is 0 Å². The zero-order valence-electron chi connectivity index (χ0n) is 14.0. The third-order valence-electron chi connectivity index (χ3n) is 2.64. The molecule has 9 heteroatoms. The van der Waals surface area contributed by atoms with E-state index in [-0.39, 0.29) is 37.8 Å². The van der Waals surface area contributed by atoms with Crippen LogP contribution in [0.15, 0.2) is 24.3 Å². The molecule has 0 fully saturated rings. The number of nitrogens with one attached hydrogen (secondary N) is 2. The molecule has 0 aliphatic heterocycles. The standard InChI is InChI=1S/C16H20N2O7/c1-3-23-16(22)9-18-14(20)8-17-15(21)10-24-12-6-4-5-7-13(12)25-11(2)19/h4-7H,3,8-10H2,1-2H3,(H,17,21)(H,18,20). The Morgan fingerprint density at radius 3 is 2.24 bits per heavy atom. The van der Waals surface area contributed by atoms with E-state index >= 15 is 0 Å². The van der Waals surface area contributed by atoms with E-state index in [0.717, 1.165) is 0 Å². The average Bonchev–Trinajstić information content (AvgIpc) is 2.57. The molecule has 1 rings (SSSR count). The molecular formula is C16H20N2O7. The van der Waals surface area contributed by atoms with E-state index in [1.807, 2.05) is 0 Å². The first-order valence-electron chi connectivity index (χ1n) is 7.51. The van der Waals surface area contributed by atoms with E-state index < -0.39 is 23.8 Å². The Morgan fingerprint density at radius 1 is 0.960 bits per heavy atom. The summed E-state index contributed by atoms with van der Waals surface area (Å²) in [5, 5.41) is 4.63. The molecule has 0 aromatic heterocycles. The minimum atomic E-state index is -0.562. The zero-order chi connectivity index (χ0) is 18.7. The van der Waals surface area contributed by atoms with Gasteiger partial charge in [0.05, 0.1) is 13.2 Å². The first kappa shape index (κ1) is 19.9. The van der Waals surface area contributed by atoms with E-state index in [1.54, 1.807) is 19.1 Å². The lowest BCUT2D eigenvalue weighted by Crippen LogP contribution is -2.40. The predicted molar refractivity (Wildman–Crippen MR) is 85.9 cm³/mol. The minimum Gasteiger partial charge on any atom is -0.480 e. The number of hydrogen-bond acceptors (Lipinski definition) is 7. The van der Waals surface area contributed by atoms with Crippen LogP contribution < -0.4 is 20.1 Å². The van der Waals surface area contributed by atoms with Gasteiger partial charge in [-0.2, -0.15) is 0 Å². The highest BCUT2D eigenvalue weighted by atomic mass is 16.6. The van der Waals surface area contributed by atoms with E-state index in [1.165, 1.54) is 19.1 Å². The van der Waals surface area contributed by atoms with Gasteiger partial charge in [-0.15, -0.1) is 0 Å². The monoisotopic (exact) mass is 352 g/mol. The molecule has 0 atom stereocenters. The second-order valence-corrected chi connectivity index (χ2v) is 4.69. The van der Waals surface area contributed by atoms with Gasteiger partial charge in [0.15, 0.2) is 18.1 Å². The van der Waals surface area contributed by atoms with Crippen molar-refractivity contribution in [3.8, 4) is 11.5 Å². The molecule has 1 aromatic carbocycles. The first-order valence-corrected chi connectivity index (χ1v) is 7.51. The van der Waals surface area contributed by atoms with Crippen molar-refractivity contribution in [3.05, 3.63) is 24.3 Å². The lowest BCUT2D eigenvalue weighted by atomic mass is 10.3. The second kappa shape index (κ2) is 10.6. The quantitative estimate of drug-likeness (QED) is 0.466. The Labute approximate surface area is 144 Å². The van der Waals surface area contributed by atoms with Crippen molar-refractivity contribution in [2.75, 3.05) is 26.3 Å². The summed E-state index contributed by atoms with van der Waals surface area (Å²) in [7, 11) is 0. The van der Waals surface area contributed by atoms with Crippen LogP contribution in [0.4, 0.5) is 0 Å². The van der Waals surface area contributed by atoms with E-state index in [4.69, 9.17) is 9.47 Å². The normalized spacial score (nSPS) is 9.68. The molecule has 0 unspecified atom stereocenters. The average molecular weight is 352 g/mol.